The monoisotopic (exact) mass is 421 g/mol. The lowest BCUT2D eigenvalue weighted by Gasteiger charge is -2.23. The Morgan fingerprint density at radius 1 is 1.10 bits per heavy atom. The summed E-state index contributed by atoms with van der Waals surface area (Å²) in [7, 11) is 0. The van der Waals surface area contributed by atoms with Gasteiger partial charge in [-0.25, -0.2) is 4.79 Å². The fourth-order valence-electron chi connectivity index (χ4n) is 4.63. The zero-order valence-corrected chi connectivity index (χ0v) is 18.8. The average molecular weight is 422 g/mol. The first kappa shape index (κ1) is 21.4. The van der Waals surface area contributed by atoms with Crippen LogP contribution in [0.15, 0.2) is 54.1 Å². The van der Waals surface area contributed by atoms with Gasteiger partial charge >= 0.3 is 12.1 Å². The molecule has 1 aromatic rings. The van der Waals surface area contributed by atoms with Gasteiger partial charge in [0.05, 0.1) is 5.92 Å². The molecule has 0 spiro atoms. The number of amides is 1. The third-order valence-electron chi connectivity index (χ3n) is 6.12. The second kappa shape index (κ2) is 8.37. The van der Waals surface area contributed by atoms with Crippen LogP contribution in [0, 0.1) is 11.8 Å². The molecule has 3 atom stereocenters. The molecular weight excluding hydrogens is 390 g/mol. The van der Waals surface area contributed by atoms with Gasteiger partial charge in [-0.1, -0.05) is 55.5 Å². The van der Waals surface area contributed by atoms with Crippen molar-refractivity contribution in [2.75, 3.05) is 19.7 Å². The molecule has 1 saturated heterocycles. The molecule has 1 aromatic carbocycles. The smallest absolute Gasteiger partial charge is 0.409 e. The normalized spacial score (nSPS) is 24.6. The van der Waals surface area contributed by atoms with Gasteiger partial charge in [0.1, 0.15) is 12.2 Å². The van der Waals surface area contributed by atoms with E-state index in [0.717, 1.165) is 6.42 Å². The van der Waals surface area contributed by atoms with Crippen LogP contribution in [0.5, 0.6) is 0 Å². The average Bonchev–Trinajstić information content (AvgIpc) is 3.12. The first-order valence-electron chi connectivity index (χ1n) is 11.1. The Balaban J connectivity index is 1.43. The van der Waals surface area contributed by atoms with Crippen molar-refractivity contribution in [3.8, 4) is 0 Å². The van der Waals surface area contributed by atoms with E-state index in [4.69, 9.17) is 9.47 Å². The summed E-state index contributed by atoms with van der Waals surface area (Å²) in [6, 6.07) is 8.31. The Bertz CT molecular complexity index is 966. The number of hydrogen-bond donors (Lipinski definition) is 0. The highest BCUT2D eigenvalue weighted by molar-refractivity contribution is 5.87. The number of ether oxygens (including phenoxy) is 2. The quantitative estimate of drug-likeness (QED) is 0.637. The minimum Gasteiger partial charge on any atom is -0.460 e. The van der Waals surface area contributed by atoms with Crippen LogP contribution >= 0.6 is 0 Å². The van der Waals surface area contributed by atoms with E-state index in [9.17, 15) is 9.59 Å². The number of fused-ring (bicyclic) bond motifs is 2. The molecule has 1 fully saturated rings. The summed E-state index contributed by atoms with van der Waals surface area (Å²) in [6.07, 6.45) is 9.17. The third kappa shape index (κ3) is 4.46. The summed E-state index contributed by atoms with van der Waals surface area (Å²) in [4.78, 5) is 27.0. The molecule has 1 aliphatic heterocycles. The predicted molar refractivity (Wildman–Crippen MR) is 120 cm³/mol. The third-order valence-corrected chi connectivity index (χ3v) is 6.12. The lowest BCUT2D eigenvalue weighted by molar-refractivity contribution is -0.160. The molecule has 0 saturated carbocycles. The molecule has 5 heteroatoms. The fourth-order valence-corrected chi connectivity index (χ4v) is 4.63. The van der Waals surface area contributed by atoms with Crippen LogP contribution in [0.3, 0.4) is 0 Å². The highest BCUT2D eigenvalue weighted by Gasteiger charge is 2.40. The van der Waals surface area contributed by atoms with E-state index < -0.39 is 5.60 Å². The maximum absolute atomic E-state index is 12.8. The first-order valence-corrected chi connectivity index (χ1v) is 11.1. The summed E-state index contributed by atoms with van der Waals surface area (Å²) in [6.45, 7) is 8.68. The van der Waals surface area contributed by atoms with Gasteiger partial charge in [-0.3, -0.25) is 4.79 Å². The minimum atomic E-state index is -0.535. The molecular formula is C26H31NO4. The van der Waals surface area contributed by atoms with Gasteiger partial charge in [0.15, 0.2) is 0 Å². The van der Waals surface area contributed by atoms with Crippen LogP contribution < -0.4 is 0 Å². The van der Waals surface area contributed by atoms with Crippen LogP contribution in [0.1, 0.15) is 51.2 Å². The fraction of sp³-hybridized carbons (Fsp3) is 0.462. The standard InChI is InChI=1S/C26H31NO4/c1-17-14-27(15-22(17)24(28)31-26(2,3)4)25(29)30-16-23-20-11-7-5-6-10-18(20)19-12-8-9-13-21(19)23/h6-13,17,22-23H,5,14-16H2,1-4H3/t17?,22-,23?/m1/s1. The SMILES string of the molecule is CC1CN(C(=O)OCC2C3=C(C=CCC=C3)c3ccccc32)C[C@H]1C(=O)OC(C)(C)C. The molecule has 0 N–H and O–H groups in total. The molecule has 0 radical (unpaired) electrons. The van der Waals surface area contributed by atoms with E-state index >= 15 is 0 Å². The van der Waals surface area contributed by atoms with Crippen molar-refractivity contribution in [3.05, 3.63) is 65.3 Å². The summed E-state index contributed by atoms with van der Waals surface area (Å²) in [5, 5.41) is 0. The van der Waals surface area contributed by atoms with E-state index in [0.29, 0.717) is 13.1 Å². The van der Waals surface area contributed by atoms with Crippen LogP contribution in [-0.4, -0.2) is 42.3 Å². The van der Waals surface area contributed by atoms with Gasteiger partial charge in [-0.2, -0.15) is 0 Å². The van der Waals surface area contributed by atoms with Gasteiger partial charge in [-0.15, -0.1) is 0 Å². The molecule has 2 unspecified atom stereocenters. The van der Waals surface area contributed by atoms with Crippen molar-refractivity contribution in [2.24, 2.45) is 11.8 Å². The Hall–Kier alpha value is -2.82. The lowest BCUT2D eigenvalue weighted by Crippen LogP contribution is -2.34. The molecule has 4 rings (SSSR count). The minimum absolute atomic E-state index is 0.0239. The molecule has 31 heavy (non-hydrogen) atoms. The van der Waals surface area contributed by atoms with Crippen molar-refractivity contribution in [2.45, 2.75) is 45.6 Å². The number of allylic oxidation sites excluding steroid dienone is 5. The Morgan fingerprint density at radius 3 is 2.61 bits per heavy atom. The number of rotatable bonds is 3. The molecule has 5 nitrogen and oxygen atoms in total. The highest BCUT2D eigenvalue weighted by Crippen LogP contribution is 2.44. The van der Waals surface area contributed by atoms with E-state index in [-0.39, 0.29) is 36.4 Å². The van der Waals surface area contributed by atoms with Gasteiger partial charge in [0.25, 0.3) is 0 Å². The zero-order valence-electron chi connectivity index (χ0n) is 18.8. The molecule has 3 aliphatic rings. The molecule has 2 aliphatic carbocycles. The maximum Gasteiger partial charge on any atom is 0.409 e. The number of carbonyl (C=O) groups is 2. The number of hydrogen-bond acceptors (Lipinski definition) is 4. The van der Waals surface area contributed by atoms with Gasteiger partial charge in [0.2, 0.25) is 0 Å². The van der Waals surface area contributed by atoms with E-state index in [2.05, 4.69) is 36.4 Å². The van der Waals surface area contributed by atoms with Crippen LogP contribution in [0.25, 0.3) is 5.57 Å². The predicted octanol–water partition coefficient (Wildman–Crippen LogP) is 5.10. The van der Waals surface area contributed by atoms with Crippen LogP contribution in [0.2, 0.25) is 0 Å². The van der Waals surface area contributed by atoms with Crippen molar-refractivity contribution in [3.63, 3.8) is 0 Å². The van der Waals surface area contributed by atoms with Gasteiger partial charge < -0.3 is 14.4 Å². The van der Waals surface area contributed by atoms with Gasteiger partial charge in [0, 0.05) is 19.0 Å². The molecule has 0 aromatic heterocycles. The Morgan fingerprint density at radius 2 is 1.84 bits per heavy atom. The Kier molecular flexibility index (Phi) is 5.78. The number of esters is 1. The number of likely N-dealkylation sites (tertiary alicyclic amines) is 1. The van der Waals surface area contributed by atoms with Crippen LogP contribution in [0.4, 0.5) is 4.79 Å². The number of benzene rings is 1. The van der Waals surface area contributed by atoms with Crippen molar-refractivity contribution in [1.82, 2.24) is 4.90 Å². The van der Waals surface area contributed by atoms with Gasteiger partial charge in [-0.05, 0) is 55.4 Å². The second-order valence-corrected chi connectivity index (χ2v) is 9.65. The van der Waals surface area contributed by atoms with E-state index in [1.54, 1.807) is 4.90 Å². The second-order valence-electron chi connectivity index (χ2n) is 9.65. The van der Waals surface area contributed by atoms with Crippen LogP contribution in [-0.2, 0) is 14.3 Å². The first-order chi connectivity index (χ1) is 14.7. The van der Waals surface area contributed by atoms with E-state index in [1.807, 2.05) is 39.8 Å². The molecule has 0 bridgehead atoms. The summed E-state index contributed by atoms with van der Waals surface area (Å²) < 4.78 is 11.3. The highest BCUT2D eigenvalue weighted by atomic mass is 16.6. The lowest BCUT2D eigenvalue weighted by atomic mass is 9.96. The molecule has 1 heterocycles. The number of nitrogens with zero attached hydrogens (tertiary/aromatic N) is 1. The maximum atomic E-state index is 12.8. The topological polar surface area (TPSA) is 55.8 Å². The zero-order chi connectivity index (χ0) is 22.2. The van der Waals surface area contributed by atoms with Crippen molar-refractivity contribution < 1.29 is 19.1 Å². The summed E-state index contributed by atoms with van der Waals surface area (Å²) >= 11 is 0. The largest absolute Gasteiger partial charge is 0.460 e. The summed E-state index contributed by atoms with van der Waals surface area (Å²) in [5.74, 6) is -0.497. The molecule has 1 amide bonds. The Labute approximate surface area is 184 Å². The van der Waals surface area contributed by atoms with E-state index in [1.165, 1.54) is 22.3 Å². The van der Waals surface area contributed by atoms with Crippen molar-refractivity contribution >= 4 is 17.6 Å². The molecule has 164 valence electrons. The summed E-state index contributed by atoms with van der Waals surface area (Å²) in [5.41, 5.74) is 4.28. The van der Waals surface area contributed by atoms with Crippen molar-refractivity contribution in [1.29, 1.82) is 0 Å². The number of carbonyl (C=O) groups excluding carboxylic acids is 2.